The van der Waals surface area contributed by atoms with Crippen molar-refractivity contribution in [3.63, 3.8) is 0 Å². The highest BCUT2D eigenvalue weighted by molar-refractivity contribution is 6.30. The van der Waals surface area contributed by atoms with Crippen LogP contribution < -0.4 is 5.32 Å². The van der Waals surface area contributed by atoms with Crippen LogP contribution in [0, 0.1) is 0 Å². The molecule has 0 saturated carbocycles. The highest BCUT2D eigenvalue weighted by Crippen LogP contribution is 2.18. The van der Waals surface area contributed by atoms with Crippen LogP contribution in [0.5, 0.6) is 0 Å². The van der Waals surface area contributed by atoms with Crippen LogP contribution in [-0.4, -0.2) is 6.04 Å². The molecule has 0 aliphatic carbocycles. The Labute approximate surface area is 111 Å². The summed E-state index contributed by atoms with van der Waals surface area (Å²) >= 11 is 5.90. The fraction of sp³-hybridized carbons (Fsp3) is 0.600. The lowest BCUT2D eigenvalue weighted by atomic mass is 10.0. The number of rotatable bonds is 7. The summed E-state index contributed by atoms with van der Waals surface area (Å²) in [5.74, 6) is 0. The van der Waals surface area contributed by atoms with E-state index in [2.05, 4.69) is 38.2 Å². The zero-order chi connectivity index (χ0) is 12.7. The van der Waals surface area contributed by atoms with E-state index in [1.54, 1.807) is 0 Å². The first kappa shape index (κ1) is 14.5. The molecule has 0 saturated heterocycles. The van der Waals surface area contributed by atoms with Crippen LogP contribution >= 0.6 is 11.6 Å². The maximum atomic E-state index is 5.90. The second-order valence-electron chi connectivity index (χ2n) is 4.71. The third-order valence-electron chi connectivity index (χ3n) is 3.13. The fourth-order valence-corrected chi connectivity index (χ4v) is 2.34. The van der Waals surface area contributed by atoms with Crippen LogP contribution in [0.4, 0.5) is 0 Å². The van der Waals surface area contributed by atoms with Crippen molar-refractivity contribution in [2.24, 2.45) is 0 Å². The van der Waals surface area contributed by atoms with E-state index < -0.39 is 0 Å². The largest absolute Gasteiger partial charge is 0.307 e. The van der Waals surface area contributed by atoms with Gasteiger partial charge in [0, 0.05) is 17.1 Å². The van der Waals surface area contributed by atoms with Gasteiger partial charge in [-0.25, -0.2) is 0 Å². The molecule has 1 aromatic carbocycles. The van der Waals surface area contributed by atoms with Crippen molar-refractivity contribution in [3.8, 4) is 0 Å². The van der Waals surface area contributed by atoms with Gasteiger partial charge in [0.15, 0.2) is 0 Å². The first-order valence-electron chi connectivity index (χ1n) is 6.68. The highest BCUT2D eigenvalue weighted by Gasteiger charge is 2.11. The highest BCUT2D eigenvalue weighted by atomic mass is 35.5. The summed E-state index contributed by atoms with van der Waals surface area (Å²) < 4.78 is 0. The van der Waals surface area contributed by atoms with Crippen LogP contribution in [0.2, 0.25) is 5.02 Å². The van der Waals surface area contributed by atoms with Gasteiger partial charge < -0.3 is 5.32 Å². The molecule has 0 unspecified atom stereocenters. The summed E-state index contributed by atoms with van der Waals surface area (Å²) in [6, 6.07) is 9.17. The first-order valence-corrected chi connectivity index (χ1v) is 7.06. The molecule has 2 heteroatoms. The number of benzene rings is 1. The van der Waals surface area contributed by atoms with Crippen LogP contribution in [0.25, 0.3) is 0 Å². The molecule has 0 amide bonds. The van der Waals surface area contributed by atoms with E-state index >= 15 is 0 Å². The quantitative estimate of drug-likeness (QED) is 0.724. The molecule has 0 spiro atoms. The summed E-state index contributed by atoms with van der Waals surface area (Å²) in [7, 11) is 0. The van der Waals surface area contributed by atoms with Crippen molar-refractivity contribution in [2.45, 2.75) is 58.5 Å². The van der Waals surface area contributed by atoms with Gasteiger partial charge in [0.1, 0.15) is 0 Å². The Bertz CT molecular complexity index is 301. The van der Waals surface area contributed by atoms with Gasteiger partial charge in [-0.15, -0.1) is 0 Å². The summed E-state index contributed by atoms with van der Waals surface area (Å²) in [5, 5.41) is 4.52. The van der Waals surface area contributed by atoms with E-state index in [0.29, 0.717) is 12.1 Å². The third kappa shape index (κ3) is 5.10. The van der Waals surface area contributed by atoms with E-state index in [1.807, 2.05) is 12.1 Å². The van der Waals surface area contributed by atoms with Crippen molar-refractivity contribution in [1.29, 1.82) is 0 Å². The second kappa shape index (κ2) is 7.73. The third-order valence-corrected chi connectivity index (χ3v) is 3.38. The van der Waals surface area contributed by atoms with Crippen molar-refractivity contribution in [1.82, 2.24) is 5.32 Å². The minimum Gasteiger partial charge on any atom is -0.307 e. The number of halogens is 1. The molecular weight excluding hydrogens is 230 g/mol. The van der Waals surface area contributed by atoms with Gasteiger partial charge in [-0.05, 0) is 37.5 Å². The zero-order valence-electron chi connectivity index (χ0n) is 11.2. The Hall–Kier alpha value is -0.530. The molecule has 96 valence electrons. The van der Waals surface area contributed by atoms with Crippen molar-refractivity contribution in [3.05, 3.63) is 34.9 Å². The molecule has 0 heterocycles. The smallest absolute Gasteiger partial charge is 0.0406 e. The predicted molar refractivity (Wildman–Crippen MR) is 76.6 cm³/mol. The van der Waals surface area contributed by atoms with Crippen molar-refractivity contribution in [2.75, 3.05) is 0 Å². The van der Waals surface area contributed by atoms with Crippen molar-refractivity contribution >= 4 is 11.6 Å². The Morgan fingerprint density at radius 1 is 1.06 bits per heavy atom. The van der Waals surface area contributed by atoms with E-state index in [1.165, 1.54) is 31.2 Å². The number of nitrogens with one attached hydrogen (secondary N) is 1. The number of hydrogen-bond acceptors (Lipinski definition) is 1. The zero-order valence-corrected chi connectivity index (χ0v) is 11.9. The van der Waals surface area contributed by atoms with Crippen LogP contribution in [0.15, 0.2) is 24.3 Å². The molecule has 0 fully saturated rings. The second-order valence-corrected chi connectivity index (χ2v) is 5.15. The minimum absolute atomic E-state index is 0.398. The standard InChI is InChI=1S/C15H24ClN/c1-4-6-15(7-5-2)17-12(3)13-8-10-14(16)11-9-13/h8-12,15,17H,4-7H2,1-3H3/t12-/m1/s1. The summed E-state index contributed by atoms with van der Waals surface area (Å²) in [6.45, 7) is 6.72. The van der Waals surface area contributed by atoms with E-state index in [0.717, 1.165) is 5.02 Å². The Morgan fingerprint density at radius 2 is 1.59 bits per heavy atom. The molecule has 0 aliphatic heterocycles. The van der Waals surface area contributed by atoms with Gasteiger partial charge in [0.2, 0.25) is 0 Å². The maximum absolute atomic E-state index is 5.90. The summed E-state index contributed by atoms with van der Waals surface area (Å²) in [6.07, 6.45) is 4.99. The monoisotopic (exact) mass is 253 g/mol. The predicted octanol–water partition coefficient (Wildman–Crippen LogP) is 4.96. The molecule has 1 atom stereocenters. The van der Waals surface area contributed by atoms with Gasteiger partial charge in [0.05, 0.1) is 0 Å². The molecule has 0 aromatic heterocycles. The SMILES string of the molecule is CCCC(CCC)N[C@H](C)c1ccc(Cl)cc1. The molecule has 1 N–H and O–H groups in total. The lowest BCUT2D eigenvalue weighted by molar-refractivity contribution is 0.402. The Balaban J connectivity index is 2.56. The van der Waals surface area contributed by atoms with E-state index in [9.17, 15) is 0 Å². The average Bonchev–Trinajstić information content (AvgIpc) is 2.30. The summed E-state index contributed by atoms with van der Waals surface area (Å²) in [4.78, 5) is 0. The Morgan fingerprint density at radius 3 is 2.06 bits per heavy atom. The normalized spacial score (nSPS) is 13.0. The van der Waals surface area contributed by atoms with Gasteiger partial charge in [-0.2, -0.15) is 0 Å². The molecule has 1 aromatic rings. The molecule has 0 aliphatic rings. The lowest BCUT2D eigenvalue weighted by Crippen LogP contribution is -2.31. The Kier molecular flexibility index (Phi) is 6.61. The number of hydrogen-bond donors (Lipinski definition) is 1. The summed E-state index contributed by atoms with van der Waals surface area (Å²) in [5.41, 5.74) is 1.31. The van der Waals surface area contributed by atoms with Crippen molar-refractivity contribution < 1.29 is 0 Å². The van der Waals surface area contributed by atoms with Gasteiger partial charge in [-0.1, -0.05) is 50.4 Å². The first-order chi connectivity index (χ1) is 8.17. The fourth-order valence-electron chi connectivity index (χ4n) is 2.21. The van der Waals surface area contributed by atoms with Gasteiger partial charge in [0.25, 0.3) is 0 Å². The van der Waals surface area contributed by atoms with E-state index in [4.69, 9.17) is 11.6 Å². The molecule has 17 heavy (non-hydrogen) atoms. The van der Waals surface area contributed by atoms with Gasteiger partial charge >= 0.3 is 0 Å². The molecule has 0 bridgehead atoms. The minimum atomic E-state index is 0.398. The molecule has 0 radical (unpaired) electrons. The van der Waals surface area contributed by atoms with Crippen LogP contribution in [0.3, 0.4) is 0 Å². The average molecular weight is 254 g/mol. The molecular formula is C15H24ClN. The van der Waals surface area contributed by atoms with Crippen LogP contribution in [0.1, 0.15) is 58.1 Å². The maximum Gasteiger partial charge on any atom is 0.0406 e. The molecule has 1 rings (SSSR count). The topological polar surface area (TPSA) is 12.0 Å². The molecule has 1 nitrogen and oxygen atoms in total. The van der Waals surface area contributed by atoms with E-state index in [-0.39, 0.29) is 0 Å². The lowest BCUT2D eigenvalue weighted by Gasteiger charge is -2.23. The van der Waals surface area contributed by atoms with Gasteiger partial charge in [-0.3, -0.25) is 0 Å². The van der Waals surface area contributed by atoms with Crippen LogP contribution in [-0.2, 0) is 0 Å².